The minimum Gasteiger partial charge on any atom is -0.341 e. The number of carbonyl (C=O) groups excluding carboxylic acids is 3. The average Bonchev–Trinajstić information content (AvgIpc) is 3.38. The zero-order valence-electron chi connectivity index (χ0n) is 19.3. The Labute approximate surface area is 191 Å². The lowest BCUT2D eigenvalue weighted by molar-refractivity contribution is -0.133. The number of hydrogen-bond donors (Lipinski definition) is 0. The highest BCUT2D eigenvalue weighted by Gasteiger charge is 2.34. The average molecular weight is 441 g/mol. The molecule has 0 spiro atoms. The van der Waals surface area contributed by atoms with Crippen LogP contribution < -0.4 is 4.90 Å². The van der Waals surface area contributed by atoms with Crippen molar-refractivity contribution in [3.05, 3.63) is 29.8 Å². The second kappa shape index (κ2) is 10.4. The SMILES string of the molecule is Cc1ccc(N(CC(=O)N2CCCCC2)C(=O)C2CCN(C(=O)N3CCCC3)CC2)cc1. The molecule has 0 atom stereocenters. The second-order valence-electron chi connectivity index (χ2n) is 9.44. The van der Waals surface area contributed by atoms with Gasteiger partial charge in [0.05, 0.1) is 0 Å². The number of benzene rings is 1. The molecule has 3 aliphatic rings. The van der Waals surface area contributed by atoms with Crippen LogP contribution in [-0.4, -0.2) is 78.4 Å². The van der Waals surface area contributed by atoms with Gasteiger partial charge in [-0.2, -0.15) is 0 Å². The quantitative estimate of drug-likeness (QED) is 0.722. The Morgan fingerprint density at radius 1 is 0.781 bits per heavy atom. The third kappa shape index (κ3) is 5.25. The van der Waals surface area contributed by atoms with E-state index in [0.717, 1.165) is 63.1 Å². The zero-order chi connectivity index (χ0) is 22.5. The molecule has 0 radical (unpaired) electrons. The van der Waals surface area contributed by atoms with E-state index in [1.165, 1.54) is 6.42 Å². The molecule has 3 aliphatic heterocycles. The summed E-state index contributed by atoms with van der Waals surface area (Å²) in [6.07, 6.45) is 6.70. The second-order valence-corrected chi connectivity index (χ2v) is 9.44. The van der Waals surface area contributed by atoms with Gasteiger partial charge in [0.25, 0.3) is 0 Å². The fraction of sp³-hybridized carbons (Fsp3) is 0.640. The number of hydrogen-bond acceptors (Lipinski definition) is 3. The van der Waals surface area contributed by atoms with Gasteiger partial charge in [-0.05, 0) is 64.0 Å². The van der Waals surface area contributed by atoms with Gasteiger partial charge < -0.3 is 19.6 Å². The molecule has 0 unspecified atom stereocenters. The molecule has 0 N–H and O–H groups in total. The molecule has 32 heavy (non-hydrogen) atoms. The summed E-state index contributed by atoms with van der Waals surface area (Å²) in [4.78, 5) is 46.7. The third-order valence-electron chi connectivity index (χ3n) is 7.11. The Morgan fingerprint density at radius 2 is 1.31 bits per heavy atom. The number of anilines is 1. The van der Waals surface area contributed by atoms with E-state index in [1.54, 1.807) is 4.90 Å². The van der Waals surface area contributed by atoms with Crippen LogP contribution in [0.1, 0.15) is 50.5 Å². The van der Waals surface area contributed by atoms with E-state index >= 15 is 0 Å². The Kier molecular flexibility index (Phi) is 7.33. The van der Waals surface area contributed by atoms with Crippen LogP contribution in [0.2, 0.25) is 0 Å². The van der Waals surface area contributed by atoms with Crippen molar-refractivity contribution in [3.63, 3.8) is 0 Å². The lowest BCUT2D eigenvalue weighted by Crippen LogP contribution is -2.50. The number of piperidine rings is 2. The Balaban J connectivity index is 1.42. The smallest absolute Gasteiger partial charge is 0.319 e. The van der Waals surface area contributed by atoms with Crippen molar-refractivity contribution in [3.8, 4) is 0 Å². The number of amides is 4. The molecule has 0 saturated carbocycles. The van der Waals surface area contributed by atoms with Gasteiger partial charge in [-0.25, -0.2) is 4.79 Å². The first-order chi connectivity index (χ1) is 15.5. The topological polar surface area (TPSA) is 64.2 Å². The molecule has 3 heterocycles. The van der Waals surface area contributed by atoms with E-state index in [9.17, 15) is 14.4 Å². The van der Waals surface area contributed by atoms with Crippen LogP contribution in [0.4, 0.5) is 10.5 Å². The summed E-state index contributed by atoms with van der Waals surface area (Å²) >= 11 is 0. The van der Waals surface area contributed by atoms with Crippen LogP contribution in [0.15, 0.2) is 24.3 Å². The number of aryl methyl sites for hydroxylation is 1. The van der Waals surface area contributed by atoms with E-state index in [0.29, 0.717) is 25.9 Å². The number of rotatable bonds is 4. The van der Waals surface area contributed by atoms with Gasteiger partial charge in [0.15, 0.2) is 0 Å². The van der Waals surface area contributed by atoms with Gasteiger partial charge >= 0.3 is 6.03 Å². The lowest BCUT2D eigenvalue weighted by Gasteiger charge is -2.36. The minimum atomic E-state index is -0.159. The van der Waals surface area contributed by atoms with Crippen molar-refractivity contribution in [2.45, 2.75) is 51.9 Å². The highest BCUT2D eigenvalue weighted by atomic mass is 16.2. The number of nitrogens with zero attached hydrogens (tertiary/aromatic N) is 4. The van der Waals surface area contributed by atoms with Crippen molar-refractivity contribution < 1.29 is 14.4 Å². The Hall–Kier alpha value is -2.57. The van der Waals surface area contributed by atoms with Crippen molar-refractivity contribution in [2.24, 2.45) is 5.92 Å². The highest BCUT2D eigenvalue weighted by Crippen LogP contribution is 2.25. The van der Waals surface area contributed by atoms with E-state index in [2.05, 4.69) is 0 Å². The summed E-state index contributed by atoms with van der Waals surface area (Å²) in [5.74, 6) is -0.124. The largest absolute Gasteiger partial charge is 0.341 e. The molecular formula is C25H36N4O3. The molecule has 1 aromatic rings. The normalized spacial score (nSPS) is 19.8. The number of likely N-dealkylation sites (tertiary alicyclic amines) is 3. The predicted molar refractivity (Wildman–Crippen MR) is 124 cm³/mol. The molecule has 3 fully saturated rings. The first-order valence-electron chi connectivity index (χ1n) is 12.2. The summed E-state index contributed by atoms with van der Waals surface area (Å²) < 4.78 is 0. The maximum atomic E-state index is 13.6. The monoisotopic (exact) mass is 440 g/mol. The Bertz CT molecular complexity index is 805. The van der Waals surface area contributed by atoms with Gasteiger partial charge in [-0.1, -0.05) is 17.7 Å². The molecule has 7 heteroatoms. The first-order valence-corrected chi connectivity index (χ1v) is 12.2. The van der Waals surface area contributed by atoms with Crippen molar-refractivity contribution in [1.82, 2.24) is 14.7 Å². The molecule has 0 aromatic heterocycles. The summed E-state index contributed by atoms with van der Waals surface area (Å²) in [6.45, 7) is 6.57. The first kappa shape index (κ1) is 22.6. The summed E-state index contributed by atoms with van der Waals surface area (Å²) in [5.41, 5.74) is 1.90. The summed E-state index contributed by atoms with van der Waals surface area (Å²) in [6, 6.07) is 7.95. The van der Waals surface area contributed by atoms with Crippen LogP contribution >= 0.6 is 0 Å². The highest BCUT2D eigenvalue weighted by molar-refractivity contribution is 6.00. The van der Waals surface area contributed by atoms with Gasteiger partial charge in [0.2, 0.25) is 11.8 Å². The minimum absolute atomic E-state index is 0.00693. The molecule has 0 bridgehead atoms. The molecule has 1 aromatic carbocycles. The molecule has 3 saturated heterocycles. The van der Waals surface area contributed by atoms with Crippen LogP contribution in [0, 0.1) is 12.8 Å². The molecule has 7 nitrogen and oxygen atoms in total. The summed E-state index contributed by atoms with van der Waals surface area (Å²) in [5, 5.41) is 0. The van der Waals surface area contributed by atoms with Gasteiger partial charge in [0.1, 0.15) is 6.54 Å². The third-order valence-corrected chi connectivity index (χ3v) is 7.11. The Morgan fingerprint density at radius 3 is 1.94 bits per heavy atom. The fourth-order valence-corrected chi connectivity index (χ4v) is 5.05. The predicted octanol–water partition coefficient (Wildman–Crippen LogP) is 3.27. The summed E-state index contributed by atoms with van der Waals surface area (Å²) in [7, 11) is 0. The van der Waals surface area contributed by atoms with E-state index in [4.69, 9.17) is 0 Å². The number of carbonyl (C=O) groups is 3. The van der Waals surface area contributed by atoms with Crippen LogP contribution in [0.3, 0.4) is 0 Å². The van der Waals surface area contributed by atoms with Crippen molar-refractivity contribution in [1.29, 1.82) is 0 Å². The van der Waals surface area contributed by atoms with Gasteiger partial charge in [-0.15, -0.1) is 0 Å². The van der Waals surface area contributed by atoms with Gasteiger partial charge in [0, 0.05) is 50.9 Å². The maximum absolute atomic E-state index is 13.6. The maximum Gasteiger partial charge on any atom is 0.319 e. The molecule has 0 aliphatic carbocycles. The molecule has 4 rings (SSSR count). The van der Waals surface area contributed by atoms with E-state index < -0.39 is 0 Å². The van der Waals surface area contributed by atoms with Crippen LogP contribution in [0.5, 0.6) is 0 Å². The van der Waals surface area contributed by atoms with Crippen LogP contribution in [-0.2, 0) is 9.59 Å². The molecule has 174 valence electrons. The lowest BCUT2D eigenvalue weighted by atomic mass is 9.95. The standard InChI is InChI=1S/C25H36N4O3/c1-20-7-9-22(10-8-20)29(19-23(30)26-13-3-2-4-14-26)24(31)21-11-17-28(18-12-21)25(32)27-15-5-6-16-27/h7-10,21H,2-6,11-19H2,1H3. The van der Waals surface area contributed by atoms with E-state index in [1.807, 2.05) is 45.9 Å². The molecule has 4 amide bonds. The van der Waals surface area contributed by atoms with Gasteiger partial charge in [-0.3, -0.25) is 9.59 Å². The van der Waals surface area contributed by atoms with E-state index in [-0.39, 0.29) is 30.3 Å². The molecular weight excluding hydrogens is 404 g/mol. The zero-order valence-corrected chi connectivity index (χ0v) is 19.3. The van der Waals surface area contributed by atoms with Crippen molar-refractivity contribution in [2.75, 3.05) is 50.7 Å². The fourth-order valence-electron chi connectivity index (χ4n) is 5.05. The number of urea groups is 1. The van der Waals surface area contributed by atoms with Crippen molar-refractivity contribution >= 4 is 23.5 Å². The van der Waals surface area contributed by atoms with Crippen LogP contribution in [0.25, 0.3) is 0 Å².